The third kappa shape index (κ3) is 7.09. The average Bonchev–Trinajstić information content (AvgIpc) is 2.33. The van der Waals surface area contributed by atoms with Crippen LogP contribution >= 0.6 is 11.6 Å². The molecule has 114 valence electrons. The summed E-state index contributed by atoms with van der Waals surface area (Å²) in [4.78, 5) is 16.5. The summed E-state index contributed by atoms with van der Waals surface area (Å²) in [5, 5.41) is 0.665. The van der Waals surface area contributed by atoms with Gasteiger partial charge < -0.3 is 4.74 Å². The lowest BCUT2D eigenvalue weighted by Crippen LogP contribution is -2.31. The van der Waals surface area contributed by atoms with E-state index in [4.69, 9.17) is 16.3 Å². The number of carbonyl (C=O) groups is 1. The van der Waals surface area contributed by atoms with Crippen molar-refractivity contribution in [3.63, 3.8) is 0 Å². The maximum atomic E-state index is 12.2. The minimum absolute atomic E-state index is 0.337. The van der Waals surface area contributed by atoms with Crippen molar-refractivity contribution in [3.8, 4) is 0 Å². The molecule has 0 bridgehead atoms. The highest BCUT2D eigenvalue weighted by molar-refractivity contribution is 6.30. The minimum atomic E-state index is -0.572. The van der Waals surface area contributed by atoms with E-state index in [9.17, 15) is 4.79 Å². The molecule has 1 aromatic rings. The second-order valence-electron chi connectivity index (χ2n) is 6.04. The molecule has 0 spiro atoms. The lowest BCUT2D eigenvalue weighted by Gasteiger charge is -2.22. The molecule has 3 nitrogen and oxygen atoms in total. The Morgan fingerprint density at radius 2 is 1.95 bits per heavy atom. The SMILES string of the molecule is C=C(C)C[C@H](N=Cc1ccc(Cl)cc1)C(=O)OC(C)(C)C. The Morgan fingerprint density at radius 3 is 2.43 bits per heavy atom. The molecule has 0 saturated carbocycles. The van der Waals surface area contributed by atoms with Gasteiger partial charge in [0.25, 0.3) is 0 Å². The minimum Gasteiger partial charge on any atom is -0.458 e. The first-order valence-electron chi connectivity index (χ1n) is 6.83. The summed E-state index contributed by atoms with van der Waals surface area (Å²) in [5.74, 6) is -0.337. The van der Waals surface area contributed by atoms with Crippen LogP contribution in [0.3, 0.4) is 0 Å². The lowest BCUT2D eigenvalue weighted by molar-refractivity contribution is -0.156. The molecule has 0 aliphatic rings. The Balaban J connectivity index is 2.84. The molecule has 0 saturated heterocycles. The van der Waals surface area contributed by atoms with Crippen molar-refractivity contribution in [2.24, 2.45) is 4.99 Å². The first-order chi connectivity index (χ1) is 9.67. The van der Waals surface area contributed by atoms with E-state index in [1.807, 2.05) is 39.8 Å². The van der Waals surface area contributed by atoms with Crippen LogP contribution in [-0.2, 0) is 9.53 Å². The zero-order valence-electron chi connectivity index (χ0n) is 13.0. The molecule has 0 amide bonds. The van der Waals surface area contributed by atoms with Crippen LogP contribution in [0.5, 0.6) is 0 Å². The van der Waals surface area contributed by atoms with Crippen molar-refractivity contribution in [2.45, 2.75) is 45.8 Å². The molecule has 1 aromatic carbocycles. The van der Waals surface area contributed by atoms with Gasteiger partial charge in [-0.15, -0.1) is 6.58 Å². The summed E-state index contributed by atoms with van der Waals surface area (Å²) in [5.41, 5.74) is 1.24. The first kappa shape index (κ1) is 17.4. The highest BCUT2D eigenvalue weighted by atomic mass is 35.5. The molecule has 1 atom stereocenters. The predicted octanol–water partition coefficient (Wildman–Crippen LogP) is 4.44. The number of hydrogen-bond acceptors (Lipinski definition) is 3. The molecule has 0 N–H and O–H groups in total. The van der Waals surface area contributed by atoms with Crippen LogP contribution in [0.25, 0.3) is 0 Å². The van der Waals surface area contributed by atoms with Gasteiger partial charge in [0.05, 0.1) is 0 Å². The summed E-state index contributed by atoms with van der Waals surface area (Å²) >= 11 is 5.84. The van der Waals surface area contributed by atoms with Gasteiger partial charge in [-0.05, 0) is 45.4 Å². The molecule has 0 heterocycles. The molecular formula is C17H22ClNO2. The van der Waals surface area contributed by atoms with Crippen LogP contribution in [-0.4, -0.2) is 23.8 Å². The van der Waals surface area contributed by atoms with Crippen molar-refractivity contribution in [1.29, 1.82) is 0 Å². The molecule has 0 fully saturated rings. The van der Waals surface area contributed by atoms with Gasteiger partial charge in [0, 0.05) is 17.7 Å². The van der Waals surface area contributed by atoms with Gasteiger partial charge in [0.15, 0.2) is 6.04 Å². The smallest absolute Gasteiger partial charge is 0.331 e. The molecule has 0 aliphatic carbocycles. The number of hydrogen-bond donors (Lipinski definition) is 0. The zero-order chi connectivity index (χ0) is 16.0. The van der Waals surface area contributed by atoms with Crippen molar-refractivity contribution in [3.05, 3.63) is 47.0 Å². The van der Waals surface area contributed by atoms with Gasteiger partial charge in [-0.3, -0.25) is 4.99 Å². The third-order valence-electron chi connectivity index (χ3n) is 2.49. The Bertz CT molecular complexity index is 527. The normalized spacial score (nSPS) is 13.2. The van der Waals surface area contributed by atoms with E-state index in [1.165, 1.54) is 0 Å². The second-order valence-corrected chi connectivity index (χ2v) is 6.48. The van der Waals surface area contributed by atoms with Crippen LogP contribution < -0.4 is 0 Å². The standard InChI is InChI=1S/C17H22ClNO2/c1-12(2)10-15(16(20)21-17(3,4)5)19-11-13-6-8-14(18)9-7-13/h6-9,11,15H,1,10H2,2-5H3/t15-/m0/s1. The number of benzene rings is 1. The summed E-state index contributed by atoms with van der Waals surface area (Å²) in [6.07, 6.45) is 2.13. The number of carbonyl (C=O) groups excluding carboxylic acids is 1. The molecule has 0 aliphatic heterocycles. The van der Waals surface area contributed by atoms with Crippen molar-refractivity contribution < 1.29 is 9.53 Å². The summed E-state index contributed by atoms with van der Waals surface area (Å²) in [7, 11) is 0. The lowest BCUT2D eigenvalue weighted by atomic mass is 10.1. The van der Waals surface area contributed by atoms with Gasteiger partial charge in [0.1, 0.15) is 5.60 Å². The quantitative estimate of drug-likeness (QED) is 0.458. The zero-order valence-corrected chi connectivity index (χ0v) is 13.8. The van der Waals surface area contributed by atoms with E-state index in [1.54, 1.807) is 18.3 Å². The fraction of sp³-hybridized carbons (Fsp3) is 0.412. The average molecular weight is 308 g/mol. The molecule has 0 aromatic heterocycles. The van der Waals surface area contributed by atoms with E-state index in [0.29, 0.717) is 11.4 Å². The fourth-order valence-electron chi connectivity index (χ4n) is 1.62. The van der Waals surface area contributed by atoms with Gasteiger partial charge in [-0.1, -0.05) is 29.3 Å². The van der Waals surface area contributed by atoms with Crippen LogP contribution in [0, 0.1) is 0 Å². The maximum Gasteiger partial charge on any atom is 0.331 e. The van der Waals surface area contributed by atoms with E-state index in [0.717, 1.165) is 11.1 Å². The Labute approximate surface area is 131 Å². The van der Waals surface area contributed by atoms with Gasteiger partial charge in [-0.25, -0.2) is 4.79 Å². The van der Waals surface area contributed by atoms with Crippen LogP contribution in [0.1, 0.15) is 39.7 Å². The van der Waals surface area contributed by atoms with E-state index >= 15 is 0 Å². The third-order valence-corrected chi connectivity index (χ3v) is 2.75. The topological polar surface area (TPSA) is 38.7 Å². The van der Waals surface area contributed by atoms with Crippen molar-refractivity contribution in [1.82, 2.24) is 0 Å². The monoisotopic (exact) mass is 307 g/mol. The second kappa shape index (κ2) is 7.41. The van der Waals surface area contributed by atoms with Crippen LogP contribution in [0.2, 0.25) is 5.02 Å². The molecule has 21 heavy (non-hydrogen) atoms. The Kier molecular flexibility index (Phi) is 6.16. The van der Waals surface area contributed by atoms with E-state index in [-0.39, 0.29) is 5.97 Å². The molecule has 0 radical (unpaired) electrons. The van der Waals surface area contributed by atoms with Gasteiger partial charge in [0.2, 0.25) is 0 Å². The molecule has 4 heteroatoms. The Morgan fingerprint density at radius 1 is 1.38 bits per heavy atom. The van der Waals surface area contributed by atoms with Crippen molar-refractivity contribution >= 4 is 23.8 Å². The molecule has 1 rings (SSSR count). The highest BCUT2D eigenvalue weighted by Crippen LogP contribution is 2.15. The maximum absolute atomic E-state index is 12.2. The number of ether oxygens (including phenoxy) is 1. The molecular weight excluding hydrogens is 286 g/mol. The number of rotatable bonds is 5. The van der Waals surface area contributed by atoms with Gasteiger partial charge >= 0.3 is 5.97 Å². The van der Waals surface area contributed by atoms with E-state index < -0.39 is 11.6 Å². The number of halogens is 1. The van der Waals surface area contributed by atoms with Crippen LogP contribution in [0.4, 0.5) is 0 Å². The number of esters is 1. The number of nitrogens with zero attached hydrogens (tertiary/aromatic N) is 1. The summed E-state index contributed by atoms with van der Waals surface area (Å²) in [6.45, 7) is 11.2. The fourth-order valence-corrected chi connectivity index (χ4v) is 1.75. The highest BCUT2D eigenvalue weighted by Gasteiger charge is 2.24. The largest absolute Gasteiger partial charge is 0.458 e. The van der Waals surface area contributed by atoms with Gasteiger partial charge in [-0.2, -0.15) is 0 Å². The predicted molar refractivity (Wildman–Crippen MR) is 88.1 cm³/mol. The Hall–Kier alpha value is -1.61. The molecule has 0 unspecified atom stereocenters. The van der Waals surface area contributed by atoms with E-state index in [2.05, 4.69) is 11.6 Å². The summed E-state index contributed by atoms with van der Waals surface area (Å²) < 4.78 is 5.39. The summed E-state index contributed by atoms with van der Waals surface area (Å²) in [6, 6.07) is 6.68. The van der Waals surface area contributed by atoms with Crippen molar-refractivity contribution in [2.75, 3.05) is 0 Å². The first-order valence-corrected chi connectivity index (χ1v) is 7.21. The number of aliphatic imine (C=N–C) groups is 1. The van der Waals surface area contributed by atoms with Crippen LogP contribution in [0.15, 0.2) is 41.4 Å².